The molecule has 0 fully saturated rings. The number of thioether (sulfide) groups is 1. The number of hydrogen-bond donors (Lipinski definition) is 1. The standard InChI is InChI=1S/C16H18N4S/c1-11(2)13-5-3-12(4-6-13)10-21-16-19-18-15-8-7-14(17)9-20(15)16/h3-9,11H,10,17H2,1-2H3. The van der Waals surface area contributed by atoms with E-state index in [0.717, 1.165) is 16.6 Å². The second-order valence-corrected chi connectivity index (χ2v) is 6.30. The Morgan fingerprint density at radius 1 is 1.10 bits per heavy atom. The highest BCUT2D eigenvalue weighted by Gasteiger charge is 2.07. The van der Waals surface area contributed by atoms with Crippen LogP contribution in [0.25, 0.3) is 5.65 Å². The normalized spacial score (nSPS) is 11.4. The van der Waals surface area contributed by atoms with Gasteiger partial charge in [-0.15, -0.1) is 10.2 Å². The first kappa shape index (κ1) is 13.9. The molecule has 0 atom stereocenters. The molecule has 2 heterocycles. The van der Waals surface area contributed by atoms with Gasteiger partial charge in [0.1, 0.15) is 0 Å². The molecular formula is C16H18N4S. The van der Waals surface area contributed by atoms with Crippen LogP contribution in [0.4, 0.5) is 5.69 Å². The third-order valence-electron chi connectivity index (χ3n) is 3.41. The Labute approximate surface area is 128 Å². The summed E-state index contributed by atoms with van der Waals surface area (Å²) in [6, 6.07) is 12.5. The van der Waals surface area contributed by atoms with Crippen molar-refractivity contribution in [1.29, 1.82) is 0 Å². The summed E-state index contributed by atoms with van der Waals surface area (Å²) in [4.78, 5) is 0. The first-order valence-corrected chi connectivity index (χ1v) is 7.94. The minimum absolute atomic E-state index is 0.565. The lowest BCUT2D eigenvalue weighted by atomic mass is 10.0. The Balaban J connectivity index is 1.75. The Hall–Kier alpha value is -2.01. The molecule has 2 N–H and O–H groups in total. The van der Waals surface area contributed by atoms with Crippen LogP contribution in [0.1, 0.15) is 30.9 Å². The molecule has 0 bridgehead atoms. The summed E-state index contributed by atoms with van der Waals surface area (Å²) in [5.74, 6) is 1.43. The van der Waals surface area contributed by atoms with Crippen LogP contribution in [0.5, 0.6) is 0 Å². The molecular weight excluding hydrogens is 280 g/mol. The van der Waals surface area contributed by atoms with Crippen LogP contribution in [0.3, 0.4) is 0 Å². The molecule has 0 unspecified atom stereocenters. The molecule has 4 nitrogen and oxygen atoms in total. The van der Waals surface area contributed by atoms with Gasteiger partial charge in [-0.1, -0.05) is 49.9 Å². The van der Waals surface area contributed by atoms with Crippen LogP contribution >= 0.6 is 11.8 Å². The summed E-state index contributed by atoms with van der Waals surface area (Å²) >= 11 is 1.67. The second kappa shape index (κ2) is 5.77. The van der Waals surface area contributed by atoms with Gasteiger partial charge in [0.15, 0.2) is 10.8 Å². The number of nitrogen functional groups attached to an aromatic ring is 1. The SMILES string of the molecule is CC(C)c1ccc(CSc2nnc3ccc(N)cn23)cc1. The van der Waals surface area contributed by atoms with Gasteiger partial charge >= 0.3 is 0 Å². The van der Waals surface area contributed by atoms with Gasteiger partial charge in [-0.25, -0.2) is 0 Å². The predicted molar refractivity (Wildman–Crippen MR) is 87.5 cm³/mol. The minimum Gasteiger partial charge on any atom is -0.398 e. The van der Waals surface area contributed by atoms with Crippen LogP contribution in [0, 0.1) is 0 Å². The largest absolute Gasteiger partial charge is 0.398 e. The molecule has 5 heteroatoms. The second-order valence-electron chi connectivity index (χ2n) is 5.36. The summed E-state index contributed by atoms with van der Waals surface area (Å²) in [6.07, 6.45) is 1.86. The Bertz CT molecular complexity index is 747. The molecule has 3 rings (SSSR count). The number of fused-ring (bicyclic) bond motifs is 1. The van der Waals surface area contributed by atoms with Crippen molar-refractivity contribution in [3.63, 3.8) is 0 Å². The molecule has 0 spiro atoms. The number of nitrogens with two attached hydrogens (primary N) is 1. The zero-order chi connectivity index (χ0) is 14.8. The van der Waals surface area contributed by atoms with Gasteiger partial charge in [0.2, 0.25) is 0 Å². The molecule has 108 valence electrons. The van der Waals surface area contributed by atoms with Crippen molar-refractivity contribution in [3.8, 4) is 0 Å². The first-order chi connectivity index (χ1) is 10.1. The lowest BCUT2D eigenvalue weighted by Gasteiger charge is -2.06. The van der Waals surface area contributed by atoms with Crippen molar-refractivity contribution in [2.75, 3.05) is 5.73 Å². The summed E-state index contributed by atoms with van der Waals surface area (Å²) in [5, 5.41) is 9.23. The van der Waals surface area contributed by atoms with Gasteiger partial charge < -0.3 is 5.73 Å². The highest BCUT2D eigenvalue weighted by Crippen LogP contribution is 2.23. The summed E-state index contributed by atoms with van der Waals surface area (Å²) in [5.41, 5.74) is 10.0. The molecule has 0 radical (unpaired) electrons. The van der Waals surface area contributed by atoms with Crippen molar-refractivity contribution in [2.45, 2.75) is 30.7 Å². The van der Waals surface area contributed by atoms with Gasteiger partial charge in [0.25, 0.3) is 0 Å². The van der Waals surface area contributed by atoms with Gasteiger partial charge in [-0.2, -0.15) is 0 Å². The Morgan fingerprint density at radius 3 is 2.57 bits per heavy atom. The Kier molecular flexibility index (Phi) is 3.84. The van der Waals surface area contributed by atoms with E-state index in [-0.39, 0.29) is 0 Å². The van der Waals surface area contributed by atoms with Crippen LogP contribution in [0.15, 0.2) is 47.8 Å². The van der Waals surface area contributed by atoms with E-state index < -0.39 is 0 Å². The average Bonchev–Trinajstić information content (AvgIpc) is 2.88. The van der Waals surface area contributed by atoms with E-state index >= 15 is 0 Å². The first-order valence-electron chi connectivity index (χ1n) is 6.95. The lowest BCUT2D eigenvalue weighted by molar-refractivity contribution is 0.866. The summed E-state index contributed by atoms with van der Waals surface area (Å²) < 4.78 is 1.93. The molecule has 0 aliphatic heterocycles. The number of anilines is 1. The molecule has 2 aromatic heterocycles. The van der Waals surface area contributed by atoms with Crippen molar-refractivity contribution in [2.24, 2.45) is 0 Å². The molecule has 0 aliphatic carbocycles. The van der Waals surface area contributed by atoms with Crippen LogP contribution in [-0.2, 0) is 5.75 Å². The molecule has 0 aliphatic rings. The molecule has 1 aromatic carbocycles. The highest BCUT2D eigenvalue weighted by atomic mass is 32.2. The average molecular weight is 298 g/mol. The zero-order valence-electron chi connectivity index (χ0n) is 12.2. The van der Waals surface area contributed by atoms with E-state index in [1.165, 1.54) is 11.1 Å². The molecule has 21 heavy (non-hydrogen) atoms. The van der Waals surface area contributed by atoms with Gasteiger partial charge in [-0.3, -0.25) is 4.40 Å². The number of aromatic nitrogens is 3. The van der Waals surface area contributed by atoms with Crippen molar-refractivity contribution in [1.82, 2.24) is 14.6 Å². The summed E-state index contributed by atoms with van der Waals surface area (Å²) in [7, 11) is 0. The number of rotatable bonds is 4. The van der Waals surface area contributed by atoms with Crippen LogP contribution in [0.2, 0.25) is 0 Å². The fourth-order valence-electron chi connectivity index (χ4n) is 2.13. The minimum atomic E-state index is 0.565. The van der Waals surface area contributed by atoms with Crippen LogP contribution < -0.4 is 5.73 Å². The maximum absolute atomic E-state index is 5.82. The van der Waals surface area contributed by atoms with E-state index in [2.05, 4.69) is 48.3 Å². The smallest absolute Gasteiger partial charge is 0.195 e. The zero-order valence-corrected chi connectivity index (χ0v) is 13.0. The number of nitrogens with zero attached hydrogens (tertiary/aromatic N) is 3. The van der Waals surface area contributed by atoms with E-state index in [9.17, 15) is 0 Å². The summed E-state index contributed by atoms with van der Waals surface area (Å²) in [6.45, 7) is 4.41. The monoisotopic (exact) mass is 298 g/mol. The van der Waals surface area contributed by atoms with Crippen molar-refractivity contribution in [3.05, 3.63) is 53.7 Å². The number of pyridine rings is 1. The lowest BCUT2D eigenvalue weighted by Crippen LogP contribution is -1.92. The molecule has 3 aromatic rings. The Morgan fingerprint density at radius 2 is 1.86 bits per heavy atom. The molecule has 0 amide bonds. The van der Waals surface area contributed by atoms with Crippen molar-refractivity contribution >= 4 is 23.1 Å². The molecule has 0 saturated heterocycles. The third kappa shape index (κ3) is 3.03. The van der Waals surface area contributed by atoms with E-state index in [4.69, 9.17) is 5.73 Å². The van der Waals surface area contributed by atoms with Crippen LogP contribution in [-0.4, -0.2) is 14.6 Å². The number of benzene rings is 1. The van der Waals surface area contributed by atoms with Gasteiger partial charge in [0.05, 0.1) is 0 Å². The predicted octanol–water partition coefficient (Wildman–Crippen LogP) is 3.73. The topological polar surface area (TPSA) is 56.2 Å². The van der Waals surface area contributed by atoms with Gasteiger partial charge in [-0.05, 0) is 29.2 Å². The maximum Gasteiger partial charge on any atom is 0.195 e. The maximum atomic E-state index is 5.82. The quantitative estimate of drug-likeness (QED) is 0.746. The van der Waals surface area contributed by atoms with E-state index in [1.807, 2.05) is 22.7 Å². The van der Waals surface area contributed by atoms with E-state index in [1.54, 1.807) is 11.8 Å². The molecule has 0 saturated carbocycles. The highest BCUT2D eigenvalue weighted by molar-refractivity contribution is 7.98. The fraction of sp³-hybridized carbons (Fsp3) is 0.250. The van der Waals surface area contributed by atoms with Gasteiger partial charge in [0, 0.05) is 17.6 Å². The van der Waals surface area contributed by atoms with E-state index in [0.29, 0.717) is 11.6 Å². The third-order valence-corrected chi connectivity index (χ3v) is 4.42. The fourth-order valence-corrected chi connectivity index (χ4v) is 3.00. The van der Waals surface area contributed by atoms with Crippen molar-refractivity contribution < 1.29 is 0 Å². The number of hydrogen-bond acceptors (Lipinski definition) is 4.